The number of sulfonamides is 1. The molecule has 0 radical (unpaired) electrons. The Morgan fingerprint density at radius 1 is 1.16 bits per heavy atom. The molecular weight excluding hydrogens is 324 g/mol. The van der Waals surface area contributed by atoms with Crippen molar-refractivity contribution in [1.82, 2.24) is 4.72 Å². The van der Waals surface area contributed by atoms with Crippen LogP contribution in [0.15, 0.2) is 28.5 Å². The maximum Gasteiger partial charge on any atom is 0.250 e. The van der Waals surface area contributed by atoms with Gasteiger partial charge in [-0.1, -0.05) is 11.6 Å². The summed E-state index contributed by atoms with van der Waals surface area (Å²) in [6.07, 6.45) is 0.695. The molecule has 0 fully saturated rings. The summed E-state index contributed by atoms with van der Waals surface area (Å²) in [6.45, 7) is 0.769. The van der Waals surface area contributed by atoms with Crippen molar-refractivity contribution < 1.29 is 8.42 Å². The van der Waals surface area contributed by atoms with Gasteiger partial charge in [-0.3, -0.25) is 0 Å². The molecule has 0 saturated heterocycles. The third-order valence-corrected chi connectivity index (χ3v) is 6.63. The van der Waals surface area contributed by atoms with Crippen molar-refractivity contribution in [3.05, 3.63) is 38.4 Å². The molecule has 2 aromatic heterocycles. The standard InChI is InChI=1S/C11H13ClN2O2S3/c12-10-3-1-9(17-10)7-14-19(15,16)11-4-2-8(18-11)5-6-13/h1-4,14H,5-7,13H2. The lowest BCUT2D eigenvalue weighted by Gasteiger charge is -2.02. The van der Waals surface area contributed by atoms with Crippen LogP contribution >= 0.6 is 34.3 Å². The van der Waals surface area contributed by atoms with E-state index in [9.17, 15) is 8.42 Å². The Hall–Kier alpha value is -0.440. The van der Waals surface area contributed by atoms with Gasteiger partial charge in [0.15, 0.2) is 0 Å². The van der Waals surface area contributed by atoms with Crippen molar-refractivity contribution >= 4 is 44.3 Å². The van der Waals surface area contributed by atoms with E-state index in [0.717, 1.165) is 9.75 Å². The summed E-state index contributed by atoms with van der Waals surface area (Å²) >= 11 is 8.41. The van der Waals surface area contributed by atoms with E-state index in [1.165, 1.54) is 22.7 Å². The first-order chi connectivity index (χ1) is 9.01. The molecule has 8 heteroatoms. The van der Waals surface area contributed by atoms with Gasteiger partial charge in [0.05, 0.1) is 4.34 Å². The van der Waals surface area contributed by atoms with Crippen LogP contribution in [-0.4, -0.2) is 15.0 Å². The summed E-state index contributed by atoms with van der Waals surface area (Å²) in [7, 11) is -3.46. The van der Waals surface area contributed by atoms with Gasteiger partial charge in [0.25, 0.3) is 0 Å². The quantitative estimate of drug-likeness (QED) is 0.851. The summed E-state index contributed by atoms with van der Waals surface area (Å²) in [5, 5.41) is 0. The van der Waals surface area contributed by atoms with Gasteiger partial charge in [-0.15, -0.1) is 22.7 Å². The molecular formula is C11H13ClN2O2S3. The fourth-order valence-corrected chi connectivity index (χ4v) is 5.00. The molecule has 0 bridgehead atoms. The topological polar surface area (TPSA) is 72.2 Å². The van der Waals surface area contributed by atoms with Gasteiger partial charge in [0, 0.05) is 16.3 Å². The van der Waals surface area contributed by atoms with Gasteiger partial charge in [-0.05, 0) is 37.2 Å². The first-order valence-corrected chi connectivity index (χ1v) is 9.03. The van der Waals surface area contributed by atoms with Gasteiger partial charge in [-0.2, -0.15) is 0 Å². The van der Waals surface area contributed by atoms with Crippen LogP contribution in [-0.2, 0) is 23.0 Å². The first kappa shape index (κ1) is 15.0. The Labute approximate surface area is 125 Å². The van der Waals surface area contributed by atoms with Crippen LogP contribution in [0.3, 0.4) is 0 Å². The van der Waals surface area contributed by atoms with Crippen LogP contribution in [0.2, 0.25) is 4.34 Å². The minimum atomic E-state index is -3.46. The number of hydrogen-bond acceptors (Lipinski definition) is 5. The number of thiophene rings is 2. The summed E-state index contributed by atoms with van der Waals surface area (Å²) < 4.78 is 27.7. The highest BCUT2D eigenvalue weighted by Gasteiger charge is 2.16. The normalized spacial score (nSPS) is 11.9. The van der Waals surface area contributed by atoms with E-state index in [4.69, 9.17) is 17.3 Å². The molecule has 3 N–H and O–H groups in total. The Kier molecular flexibility index (Phi) is 4.99. The maximum atomic E-state index is 12.1. The van der Waals surface area contributed by atoms with Crippen LogP contribution < -0.4 is 10.5 Å². The molecule has 2 heterocycles. The summed E-state index contributed by atoms with van der Waals surface area (Å²) in [5.74, 6) is 0. The lowest BCUT2D eigenvalue weighted by atomic mass is 10.3. The van der Waals surface area contributed by atoms with Gasteiger partial charge in [0.2, 0.25) is 10.0 Å². The minimum Gasteiger partial charge on any atom is -0.330 e. The van der Waals surface area contributed by atoms with Crippen LogP contribution in [0.25, 0.3) is 0 Å². The zero-order valence-electron chi connectivity index (χ0n) is 9.93. The highest BCUT2D eigenvalue weighted by Crippen LogP contribution is 2.24. The van der Waals surface area contributed by atoms with Crippen molar-refractivity contribution in [1.29, 1.82) is 0 Å². The third-order valence-electron chi connectivity index (χ3n) is 2.36. The van der Waals surface area contributed by atoms with Gasteiger partial charge in [-0.25, -0.2) is 13.1 Å². The Morgan fingerprint density at radius 2 is 1.89 bits per heavy atom. The summed E-state index contributed by atoms with van der Waals surface area (Å²) in [6, 6.07) is 6.97. The molecule has 0 unspecified atom stereocenters. The second-order valence-corrected chi connectivity index (χ2v) is 8.75. The van der Waals surface area contributed by atoms with Crippen LogP contribution in [0, 0.1) is 0 Å². The smallest absolute Gasteiger partial charge is 0.250 e. The summed E-state index contributed by atoms with van der Waals surface area (Å²) in [5.41, 5.74) is 5.45. The van der Waals surface area contributed by atoms with Crippen molar-refractivity contribution in [2.75, 3.05) is 6.54 Å². The number of nitrogens with one attached hydrogen (secondary N) is 1. The van der Waals surface area contributed by atoms with E-state index in [0.29, 0.717) is 21.5 Å². The van der Waals surface area contributed by atoms with E-state index in [2.05, 4.69) is 4.72 Å². The molecule has 19 heavy (non-hydrogen) atoms. The van der Waals surface area contributed by atoms with Crippen molar-refractivity contribution in [2.45, 2.75) is 17.2 Å². The first-order valence-electron chi connectivity index (χ1n) is 5.54. The fraction of sp³-hybridized carbons (Fsp3) is 0.273. The molecule has 2 rings (SSSR count). The molecule has 0 aromatic carbocycles. The van der Waals surface area contributed by atoms with Crippen molar-refractivity contribution in [3.8, 4) is 0 Å². The lowest BCUT2D eigenvalue weighted by molar-refractivity contribution is 0.584. The molecule has 0 aliphatic heterocycles. The van der Waals surface area contributed by atoms with E-state index < -0.39 is 10.0 Å². The Bertz CT molecular complexity index is 648. The minimum absolute atomic E-state index is 0.254. The van der Waals surface area contributed by atoms with E-state index in [-0.39, 0.29) is 6.54 Å². The molecule has 0 saturated carbocycles. The van der Waals surface area contributed by atoms with Crippen LogP contribution in [0.1, 0.15) is 9.75 Å². The number of rotatable bonds is 6. The highest BCUT2D eigenvalue weighted by atomic mass is 35.5. The molecule has 0 aliphatic rings. The van der Waals surface area contributed by atoms with Gasteiger partial charge >= 0.3 is 0 Å². The average Bonchev–Trinajstić information content (AvgIpc) is 2.97. The SMILES string of the molecule is NCCc1ccc(S(=O)(=O)NCc2ccc(Cl)s2)s1. The largest absolute Gasteiger partial charge is 0.330 e. The van der Waals surface area contributed by atoms with E-state index >= 15 is 0 Å². The third kappa shape index (κ3) is 4.01. The van der Waals surface area contributed by atoms with Crippen LogP contribution in [0.5, 0.6) is 0 Å². The Morgan fingerprint density at radius 3 is 2.53 bits per heavy atom. The zero-order chi connectivity index (χ0) is 13.9. The molecule has 104 valence electrons. The molecule has 0 aliphatic carbocycles. The molecule has 2 aromatic rings. The Balaban J connectivity index is 2.04. The number of hydrogen-bond donors (Lipinski definition) is 2. The average molecular weight is 337 g/mol. The summed E-state index contributed by atoms with van der Waals surface area (Å²) in [4.78, 5) is 1.86. The monoisotopic (exact) mass is 336 g/mol. The zero-order valence-corrected chi connectivity index (χ0v) is 13.1. The second-order valence-electron chi connectivity index (χ2n) is 3.79. The lowest BCUT2D eigenvalue weighted by Crippen LogP contribution is -2.21. The van der Waals surface area contributed by atoms with E-state index in [1.54, 1.807) is 18.2 Å². The molecule has 4 nitrogen and oxygen atoms in total. The predicted molar refractivity (Wildman–Crippen MR) is 80.4 cm³/mol. The van der Waals surface area contributed by atoms with Gasteiger partial charge in [0.1, 0.15) is 4.21 Å². The second kappa shape index (κ2) is 6.34. The predicted octanol–water partition coefficient (Wildman–Crippen LogP) is 2.44. The fourth-order valence-electron chi connectivity index (χ4n) is 1.46. The van der Waals surface area contributed by atoms with E-state index in [1.807, 2.05) is 6.07 Å². The van der Waals surface area contributed by atoms with Crippen LogP contribution in [0.4, 0.5) is 0 Å². The number of halogens is 1. The van der Waals surface area contributed by atoms with Gasteiger partial charge < -0.3 is 5.73 Å². The molecule has 0 spiro atoms. The molecule has 0 atom stereocenters. The molecule has 0 amide bonds. The number of nitrogens with two attached hydrogens (primary N) is 1. The van der Waals surface area contributed by atoms with Crippen molar-refractivity contribution in [3.63, 3.8) is 0 Å². The van der Waals surface area contributed by atoms with Crippen molar-refractivity contribution in [2.24, 2.45) is 5.73 Å². The highest BCUT2D eigenvalue weighted by molar-refractivity contribution is 7.91. The maximum absolute atomic E-state index is 12.1.